The van der Waals surface area contributed by atoms with E-state index >= 15 is 0 Å². The summed E-state index contributed by atoms with van der Waals surface area (Å²) in [4.78, 5) is 3.72. The van der Waals surface area contributed by atoms with Crippen LogP contribution >= 0.6 is 0 Å². The van der Waals surface area contributed by atoms with Crippen LogP contribution in [0, 0.1) is 12.7 Å². The van der Waals surface area contributed by atoms with Crippen LogP contribution in [0.25, 0.3) is 11.1 Å². The molecule has 2 aromatic carbocycles. The molecule has 3 aromatic rings. The number of fused-ring (bicyclic) bond motifs is 1. The van der Waals surface area contributed by atoms with E-state index in [0.29, 0.717) is 12.1 Å². The number of nitrogens with zero attached hydrogens (tertiary/aromatic N) is 1. The van der Waals surface area contributed by atoms with Crippen LogP contribution in [0.4, 0.5) is 18.9 Å². The number of aromatic nitrogens is 1. The minimum Gasteiger partial charge on any atom is -0.395 e. The largest absolute Gasteiger partial charge is 0.586 e. The molecule has 0 unspecified atom stereocenters. The number of halogens is 3. The molecule has 138 valence electrons. The molecule has 27 heavy (non-hydrogen) atoms. The molecule has 4 nitrogen and oxygen atoms in total. The molecule has 2 heterocycles. The number of hydrogen-bond donors (Lipinski definition) is 1. The maximum absolute atomic E-state index is 13.6. The summed E-state index contributed by atoms with van der Waals surface area (Å²) in [5.74, 6) is -0.329. The third-order valence-corrected chi connectivity index (χ3v) is 4.28. The molecule has 0 atom stereocenters. The summed E-state index contributed by atoms with van der Waals surface area (Å²) in [7, 11) is 0. The summed E-state index contributed by atoms with van der Waals surface area (Å²) in [6, 6.07) is 12.1. The smallest absolute Gasteiger partial charge is 0.395 e. The Bertz CT molecular complexity index is 991. The van der Waals surface area contributed by atoms with E-state index in [-0.39, 0.29) is 17.3 Å². The zero-order valence-corrected chi connectivity index (χ0v) is 14.3. The molecule has 0 spiro atoms. The second kappa shape index (κ2) is 6.50. The van der Waals surface area contributed by atoms with Crippen molar-refractivity contribution in [3.05, 3.63) is 71.8 Å². The van der Waals surface area contributed by atoms with Gasteiger partial charge in [-0.3, -0.25) is 4.98 Å². The van der Waals surface area contributed by atoms with Crippen molar-refractivity contribution in [2.75, 3.05) is 5.32 Å². The minimum absolute atomic E-state index is 0.0102. The lowest BCUT2D eigenvalue weighted by Crippen LogP contribution is -2.25. The van der Waals surface area contributed by atoms with Gasteiger partial charge in [-0.05, 0) is 53.9 Å². The third-order valence-electron chi connectivity index (χ3n) is 4.28. The average molecular weight is 372 g/mol. The van der Waals surface area contributed by atoms with E-state index in [1.165, 1.54) is 18.5 Å². The quantitative estimate of drug-likeness (QED) is 0.690. The van der Waals surface area contributed by atoms with Crippen LogP contribution in [0.3, 0.4) is 0 Å². The molecule has 1 N–H and O–H groups in total. The monoisotopic (exact) mass is 372 g/mol. The third kappa shape index (κ3) is 3.53. The van der Waals surface area contributed by atoms with Gasteiger partial charge in [0, 0.05) is 24.0 Å². The van der Waals surface area contributed by atoms with Gasteiger partial charge in [0.2, 0.25) is 0 Å². The highest BCUT2D eigenvalue weighted by Gasteiger charge is 2.43. The van der Waals surface area contributed by atoms with Gasteiger partial charge >= 0.3 is 6.29 Å². The Labute approximate surface area is 153 Å². The number of pyridine rings is 1. The Kier molecular flexibility index (Phi) is 4.14. The Morgan fingerprint density at radius 2 is 1.74 bits per heavy atom. The van der Waals surface area contributed by atoms with Gasteiger partial charge in [0.15, 0.2) is 11.5 Å². The van der Waals surface area contributed by atoms with E-state index in [2.05, 4.69) is 19.8 Å². The SMILES string of the molecule is Cc1cc2c(cc1-c1ccc(NCc3ccncc3F)cc1)OC(F)(F)O2. The number of rotatable bonds is 4. The first-order valence-electron chi connectivity index (χ1n) is 8.24. The first-order chi connectivity index (χ1) is 12.9. The summed E-state index contributed by atoms with van der Waals surface area (Å²) >= 11 is 0. The van der Waals surface area contributed by atoms with E-state index in [9.17, 15) is 13.2 Å². The van der Waals surface area contributed by atoms with Crippen molar-refractivity contribution < 1.29 is 22.6 Å². The average Bonchev–Trinajstić information content (AvgIpc) is 2.93. The van der Waals surface area contributed by atoms with Crippen molar-refractivity contribution in [2.24, 2.45) is 0 Å². The fourth-order valence-corrected chi connectivity index (χ4v) is 2.92. The predicted molar refractivity (Wildman–Crippen MR) is 94.3 cm³/mol. The lowest BCUT2D eigenvalue weighted by Gasteiger charge is -2.10. The number of alkyl halides is 2. The first-order valence-corrected chi connectivity index (χ1v) is 8.24. The topological polar surface area (TPSA) is 43.4 Å². The Balaban J connectivity index is 1.52. The molecule has 7 heteroatoms. The van der Waals surface area contributed by atoms with Crippen molar-refractivity contribution in [2.45, 2.75) is 19.8 Å². The standard InChI is InChI=1S/C20H15F3N2O2/c1-12-8-18-19(27-20(22,23)26-18)9-16(12)13-2-4-15(5-3-13)25-10-14-6-7-24-11-17(14)21/h2-9,11,25H,10H2,1H3. The molecule has 0 aliphatic carbocycles. The minimum atomic E-state index is -3.64. The van der Waals surface area contributed by atoms with Gasteiger partial charge in [0.25, 0.3) is 0 Å². The molecule has 0 radical (unpaired) electrons. The van der Waals surface area contributed by atoms with Crippen LogP contribution < -0.4 is 14.8 Å². The highest BCUT2D eigenvalue weighted by atomic mass is 19.3. The van der Waals surface area contributed by atoms with Gasteiger partial charge < -0.3 is 14.8 Å². The number of aryl methyl sites for hydroxylation is 1. The van der Waals surface area contributed by atoms with E-state index in [1.54, 1.807) is 12.1 Å². The zero-order valence-electron chi connectivity index (χ0n) is 14.3. The summed E-state index contributed by atoms with van der Waals surface area (Å²) < 4.78 is 49.1. The molecule has 0 fully saturated rings. The van der Waals surface area contributed by atoms with E-state index < -0.39 is 6.29 Å². The van der Waals surface area contributed by atoms with Gasteiger partial charge in [-0.15, -0.1) is 8.78 Å². The van der Waals surface area contributed by atoms with Crippen LogP contribution in [0.2, 0.25) is 0 Å². The summed E-state index contributed by atoms with van der Waals surface area (Å²) in [6.45, 7) is 2.14. The number of nitrogens with one attached hydrogen (secondary N) is 1. The van der Waals surface area contributed by atoms with Crippen LogP contribution in [-0.2, 0) is 6.54 Å². The van der Waals surface area contributed by atoms with E-state index in [0.717, 1.165) is 22.4 Å². The fraction of sp³-hybridized carbons (Fsp3) is 0.150. The van der Waals surface area contributed by atoms with Crippen LogP contribution in [0.5, 0.6) is 11.5 Å². The summed E-state index contributed by atoms with van der Waals surface area (Å²) in [6.07, 6.45) is -0.926. The van der Waals surface area contributed by atoms with Crippen LogP contribution in [0.15, 0.2) is 54.9 Å². The van der Waals surface area contributed by atoms with Crippen LogP contribution in [-0.4, -0.2) is 11.3 Å². The summed E-state index contributed by atoms with van der Waals surface area (Å²) in [5.41, 5.74) is 3.72. The Hall–Kier alpha value is -3.22. The number of ether oxygens (including phenoxy) is 2. The normalized spacial score (nSPS) is 14.2. The molecule has 0 saturated carbocycles. The number of benzene rings is 2. The first kappa shape index (κ1) is 17.2. The molecule has 0 saturated heterocycles. The number of hydrogen-bond acceptors (Lipinski definition) is 4. The van der Waals surface area contributed by atoms with Gasteiger partial charge in [-0.2, -0.15) is 0 Å². The fourth-order valence-electron chi connectivity index (χ4n) is 2.92. The lowest BCUT2D eigenvalue weighted by molar-refractivity contribution is -0.286. The molecule has 1 aliphatic heterocycles. The van der Waals surface area contributed by atoms with Crippen molar-refractivity contribution in [1.82, 2.24) is 4.98 Å². The maximum atomic E-state index is 13.6. The van der Waals surface area contributed by atoms with Crippen molar-refractivity contribution >= 4 is 5.69 Å². The Morgan fingerprint density at radius 3 is 2.44 bits per heavy atom. The van der Waals surface area contributed by atoms with Gasteiger partial charge in [-0.1, -0.05) is 12.1 Å². The van der Waals surface area contributed by atoms with Gasteiger partial charge in [0.05, 0.1) is 6.20 Å². The van der Waals surface area contributed by atoms with E-state index in [1.807, 2.05) is 31.2 Å². The predicted octanol–water partition coefficient (Wildman–Crippen LogP) is 5.13. The molecular formula is C20H15F3N2O2. The van der Waals surface area contributed by atoms with E-state index in [4.69, 9.17) is 0 Å². The lowest BCUT2D eigenvalue weighted by atomic mass is 9.99. The molecule has 0 bridgehead atoms. The summed E-state index contributed by atoms with van der Waals surface area (Å²) in [5, 5.41) is 3.14. The van der Waals surface area contributed by atoms with Gasteiger partial charge in [0.1, 0.15) is 5.82 Å². The molecule has 0 amide bonds. The molecular weight excluding hydrogens is 357 g/mol. The highest BCUT2D eigenvalue weighted by molar-refractivity contribution is 5.72. The molecule has 1 aromatic heterocycles. The second-order valence-electron chi connectivity index (χ2n) is 6.18. The molecule has 4 rings (SSSR count). The van der Waals surface area contributed by atoms with Crippen LogP contribution in [0.1, 0.15) is 11.1 Å². The van der Waals surface area contributed by atoms with Crippen molar-refractivity contribution in [1.29, 1.82) is 0 Å². The van der Waals surface area contributed by atoms with Gasteiger partial charge in [-0.25, -0.2) is 4.39 Å². The number of anilines is 1. The molecule has 1 aliphatic rings. The second-order valence-corrected chi connectivity index (χ2v) is 6.18. The highest BCUT2D eigenvalue weighted by Crippen LogP contribution is 2.44. The Morgan fingerprint density at radius 1 is 1.04 bits per heavy atom. The van der Waals surface area contributed by atoms with Crippen molar-refractivity contribution in [3.63, 3.8) is 0 Å². The zero-order chi connectivity index (χ0) is 19.0. The van der Waals surface area contributed by atoms with Crippen molar-refractivity contribution in [3.8, 4) is 22.6 Å². The maximum Gasteiger partial charge on any atom is 0.586 e.